The number of nitrogens with zero attached hydrogens (tertiary/aromatic N) is 1. The Labute approximate surface area is 111 Å². The second kappa shape index (κ2) is 7.45. The van der Waals surface area contributed by atoms with Crippen molar-refractivity contribution in [3.05, 3.63) is 34.3 Å². The molecule has 0 aliphatic carbocycles. The van der Waals surface area contributed by atoms with Gasteiger partial charge >= 0.3 is 0 Å². The predicted octanol–water partition coefficient (Wildman–Crippen LogP) is 2.83. The van der Waals surface area contributed by atoms with Crippen LogP contribution < -0.4 is 0 Å². The zero-order chi connectivity index (χ0) is 12.7. The molecule has 94 valence electrons. The lowest BCUT2D eigenvalue weighted by atomic mass is 10.2. The van der Waals surface area contributed by atoms with Crippen LogP contribution in [0.4, 0.5) is 0 Å². The molecule has 0 aliphatic rings. The van der Waals surface area contributed by atoms with Crippen LogP contribution in [0.1, 0.15) is 18.9 Å². The summed E-state index contributed by atoms with van der Waals surface area (Å²) in [5, 5.41) is 0. The first-order valence-corrected chi connectivity index (χ1v) is 6.49. The third-order valence-electron chi connectivity index (χ3n) is 2.42. The quantitative estimate of drug-likeness (QED) is 0.756. The fourth-order valence-electron chi connectivity index (χ4n) is 1.45. The fourth-order valence-corrected chi connectivity index (χ4v) is 1.71. The second-order valence-electron chi connectivity index (χ2n) is 3.82. The standard InChI is InChI=1S/C13H18BrNO2/c1-3-17-9-8-13(16)15(2)10-11-4-6-12(14)7-5-11/h4-7H,3,8-10H2,1-2H3. The molecule has 4 heteroatoms. The molecule has 0 unspecified atom stereocenters. The third kappa shape index (κ3) is 5.33. The van der Waals surface area contributed by atoms with Crippen molar-refractivity contribution in [1.82, 2.24) is 4.90 Å². The molecule has 0 radical (unpaired) electrons. The van der Waals surface area contributed by atoms with Crippen molar-refractivity contribution >= 4 is 21.8 Å². The van der Waals surface area contributed by atoms with Gasteiger partial charge in [0.15, 0.2) is 0 Å². The molecule has 17 heavy (non-hydrogen) atoms. The number of hydrogen-bond donors (Lipinski definition) is 0. The van der Waals surface area contributed by atoms with Gasteiger partial charge in [0.25, 0.3) is 0 Å². The minimum Gasteiger partial charge on any atom is -0.381 e. The molecule has 0 fully saturated rings. The average molecular weight is 300 g/mol. The number of amides is 1. The fraction of sp³-hybridized carbons (Fsp3) is 0.462. The van der Waals surface area contributed by atoms with E-state index in [1.165, 1.54) is 0 Å². The predicted molar refractivity (Wildman–Crippen MR) is 71.7 cm³/mol. The van der Waals surface area contributed by atoms with Gasteiger partial charge in [-0.1, -0.05) is 28.1 Å². The molecule has 0 saturated carbocycles. The number of carbonyl (C=O) groups excluding carboxylic acids is 1. The lowest BCUT2D eigenvalue weighted by Gasteiger charge is -2.17. The van der Waals surface area contributed by atoms with Crippen LogP contribution in [-0.4, -0.2) is 31.1 Å². The Kier molecular flexibility index (Phi) is 6.22. The van der Waals surface area contributed by atoms with E-state index in [4.69, 9.17) is 4.74 Å². The van der Waals surface area contributed by atoms with Gasteiger partial charge < -0.3 is 9.64 Å². The van der Waals surface area contributed by atoms with E-state index in [2.05, 4.69) is 15.9 Å². The Hall–Kier alpha value is -0.870. The van der Waals surface area contributed by atoms with E-state index in [0.29, 0.717) is 26.2 Å². The molecule has 0 bridgehead atoms. The number of carbonyl (C=O) groups is 1. The molecule has 0 heterocycles. The largest absolute Gasteiger partial charge is 0.381 e. The highest BCUT2D eigenvalue weighted by Gasteiger charge is 2.08. The van der Waals surface area contributed by atoms with Crippen LogP contribution in [0, 0.1) is 0 Å². The van der Waals surface area contributed by atoms with Gasteiger partial charge in [-0.25, -0.2) is 0 Å². The van der Waals surface area contributed by atoms with Crippen molar-refractivity contribution < 1.29 is 9.53 Å². The van der Waals surface area contributed by atoms with E-state index in [-0.39, 0.29) is 5.91 Å². The molecular weight excluding hydrogens is 282 g/mol. The second-order valence-corrected chi connectivity index (χ2v) is 4.74. The molecule has 1 amide bonds. The Morgan fingerprint density at radius 3 is 2.59 bits per heavy atom. The summed E-state index contributed by atoms with van der Waals surface area (Å²) in [4.78, 5) is 13.5. The summed E-state index contributed by atoms with van der Waals surface area (Å²) >= 11 is 3.39. The molecular formula is C13H18BrNO2. The monoisotopic (exact) mass is 299 g/mol. The summed E-state index contributed by atoms with van der Waals surface area (Å²) in [5.74, 6) is 0.112. The first-order valence-electron chi connectivity index (χ1n) is 5.69. The lowest BCUT2D eigenvalue weighted by molar-refractivity contribution is -0.131. The molecule has 0 N–H and O–H groups in total. The SMILES string of the molecule is CCOCCC(=O)N(C)Cc1ccc(Br)cc1. The summed E-state index contributed by atoms with van der Waals surface area (Å²) in [6.07, 6.45) is 0.445. The number of hydrogen-bond acceptors (Lipinski definition) is 2. The zero-order valence-electron chi connectivity index (χ0n) is 10.3. The topological polar surface area (TPSA) is 29.5 Å². The van der Waals surface area contributed by atoms with Crippen LogP contribution in [0.3, 0.4) is 0 Å². The summed E-state index contributed by atoms with van der Waals surface area (Å²) in [5.41, 5.74) is 1.13. The van der Waals surface area contributed by atoms with E-state index in [9.17, 15) is 4.79 Å². The molecule has 0 spiro atoms. The molecule has 0 aliphatic heterocycles. The van der Waals surface area contributed by atoms with E-state index in [1.807, 2.05) is 38.2 Å². The van der Waals surface area contributed by atoms with Crippen LogP contribution in [0.2, 0.25) is 0 Å². The Morgan fingerprint density at radius 2 is 2.00 bits per heavy atom. The smallest absolute Gasteiger partial charge is 0.224 e. The highest BCUT2D eigenvalue weighted by Crippen LogP contribution is 2.12. The normalized spacial score (nSPS) is 10.3. The van der Waals surface area contributed by atoms with Crippen molar-refractivity contribution in [3.8, 4) is 0 Å². The Morgan fingerprint density at radius 1 is 1.35 bits per heavy atom. The maximum absolute atomic E-state index is 11.7. The summed E-state index contributed by atoms with van der Waals surface area (Å²) < 4.78 is 6.21. The van der Waals surface area contributed by atoms with Gasteiger partial charge in [0.05, 0.1) is 13.0 Å². The molecule has 1 aromatic rings. The van der Waals surface area contributed by atoms with Crippen molar-refractivity contribution in [1.29, 1.82) is 0 Å². The minimum absolute atomic E-state index is 0.112. The van der Waals surface area contributed by atoms with Crippen LogP contribution in [0.15, 0.2) is 28.7 Å². The molecule has 0 saturated heterocycles. The number of benzene rings is 1. The highest BCUT2D eigenvalue weighted by atomic mass is 79.9. The molecule has 0 aromatic heterocycles. The lowest BCUT2D eigenvalue weighted by Crippen LogP contribution is -2.27. The van der Waals surface area contributed by atoms with Gasteiger partial charge in [-0.15, -0.1) is 0 Å². The third-order valence-corrected chi connectivity index (χ3v) is 2.95. The van der Waals surface area contributed by atoms with Gasteiger partial charge in [0.1, 0.15) is 0 Å². The van der Waals surface area contributed by atoms with Gasteiger partial charge in [-0.3, -0.25) is 4.79 Å². The summed E-state index contributed by atoms with van der Waals surface area (Å²) in [6.45, 7) is 3.72. The average Bonchev–Trinajstić information content (AvgIpc) is 2.32. The minimum atomic E-state index is 0.112. The van der Waals surface area contributed by atoms with Crippen molar-refractivity contribution in [2.45, 2.75) is 19.9 Å². The van der Waals surface area contributed by atoms with Crippen LogP contribution >= 0.6 is 15.9 Å². The Balaban J connectivity index is 2.40. The van der Waals surface area contributed by atoms with Crippen molar-refractivity contribution in [2.75, 3.05) is 20.3 Å². The van der Waals surface area contributed by atoms with Gasteiger partial charge in [0.2, 0.25) is 5.91 Å². The maximum atomic E-state index is 11.7. The van der Waals surface area contributed by atoms with E-state index < -0.39 is 0 Å². The first kappa shape index (κ1) is 14.2. The molecule has 1 aromatic carbocycles. The van der Waals surface area contributed by atoms with Crippen LogP contribution in [0.25, 0.3) is 0 Å². The highest BCUT2D eigenvalue weighted by molar-refractivity contribution is 9.10. The zero-order valence-corrected chi connectivity index (χ0v) is 11.9. The number of ether oxygens (including phenoxy) is 1. The van der Waals surface area contributed by atoms with E-state index in [0.717, 1.165) is 10.0 Å². The van der Waals surface area contributed by atoms with Crippen LogP contribution in [0.5, 0.6) is 0 Å². The summed E-state index contributed by atoms with van der Waals surface area (Å²) in [6, 6.07) is 7.98. The number of rotatable bonds is 6. The van der Waals surface area contributed by atoms with Gasteiger partial charge in [-0.05, 0) is 24.6 Å². The number of halogens is 1. The van der Waals surface area contributed by atoms with Crippen molar-refractivity contribution in [3.63, 3.8) is 0 Å². The van der Waals surface area contributed by atoms with E-state index in [1.54, 1.807) is 4.90 Å². The maximum Gasteiger partial charge on any atom is 0.224 e. The molecule has 0 atom stereocenters. The van der Waals surface area contributed by atoms with Crippen LogP contribution in [-0.2, 0) is 16.1 Å². The molecule has 3 nitrogen and oxygen atoms in total. The molecule has 1 rings (SSSR count). The summed E-state index contributed by atoms with van der Waals surface area (Å²) in [7, 11) is 1.82. The first-order chi connectivity index (χ1) is 8.13. The van der Waals surface area contributed by atoms with Gasteiger partial charge in [-0.2, -0.15) is 0 Å². The van der Waals surface area contributed by atoms with Gasteiger partial charge in [0, 0.05) is 24.7 Å². The Bertz CT molecular complexity index is 351. The van der Waals surface area contributed by atoms with E-state index >= 15 is 0 Å². The van der Waals surface area contributed by atoms with Crippen molar-refractivity contribution in [2.24, 2.45) is 0 Å².